The van der Waals surface area contributed by atoms with Crippen LogP contribution < -0.4 is 5.76 Å². The van der Waals surface area contributed by atoms with Crippen molar-refractivity contribution in [2.75, 3.05) is 0 Å². The molecule has 0 bridgehead atoms. The predicted molar refractivity (Wildman–Crippen MR) is 49.9 cm³/mol. The van der Waals surface area contributed by atoms with E-state index in [0.29, 0.717) is 5.92 Å². The summed E-state index contributed by atoms with van der Waals surface area (Å²) in [6.45, 7) is 1.86. The molecule has 0 atom stereocenters. The van der Waals surface area contributed by atoms with E-state index in [0.717, 1.165) is 11.5 Å². The lowest BCUT2D eigenvalue weighted by Gasteiger charge is -2.20. The second-order valence-corrected chi connectivity index (χ2v) is 3.82. The van der Waals surface area contributed by atoms with Gasteiger partial charge in [-0.05, 0) is 19.8 Å². The standard InChI is InChI=1S/C10H15NO2/c1-7-9(11-10(12)13-7)8-5-3-2-4-6-8/h8H,2-6H2,1H3,(H,11,12). The van der Waals surface area contributed by atoms with Gasteiger partial charge in [0.05, 0.1) is 5.69 Å². The number of rotatable bonds is 1. The van der Waals surface area contributed by atoms with Gasteiger partial charge in [-0.2, -0.15) is 0 Å². The van der Waals surface area contributed by atoms with Crippen LogP contribution in [-0.4, -0.2) is 4.98 Å². The smallest absolute Gasteiger partial charge is 0.413 e. The largest absolute Gasteiger partial charge is 0.416 e. The van der Waals surface area contributed by atoms with Crippen LogP contribution in [0.25, 0.3) is 0 Å². The van der Waals surface area contributed by atoms with Crippen molar-refractivity contribution in [1.29, 1.82) is 0 Å². The fraction of sp³-hybridized carbons (Fsp3) is 0.700. The fourth-order valence-electron chi connectivity index (χ4n) is 2.20. The van der Waals surface area contributed by atoms with Crippen LogP contribution in [0.4, 0.5) is 0 Å². The van der Waals surface area contributed by atoms with Crippen LogP contribution in [0.5, 0.6) is 0 Å². The molecule has 1 N–H and O–H groups in total. The average molecular weight is 181 g/mol. The molecule has 1 aromatic heterocycles. The lowest BCUT2D eigenvalue weighted by atomic mass is 9.86. The topological polar surface area (TPSA) is 46.0 Å². The van der Waals surface area contributed by atoms with Gasteiger partial charge >= 0.3 is 5.76 Å². The Morgan fingerprint density at radius 3 is 2.54 bits per heavy atom. The summed E-state index contributed by atoms with van der Waals surface area (Å²) in [5.41, 5.74) is 1.03. The first-order valence-electron chi connectivity index (χ1n) is 4.97. The first kappa shape index (κ1) is 8.60. The zero-order chi connectivity index (χ0) is 9.26. The summed E-state index contributed by atoms with van der Waals surface area (Å²) >= 11 is 0. The summed E-state index contributed by atoms with van der Waals surface area (Å²) < 4.78 is 4.96. The molecular formula is C10H15NO2. The van der Waals surface area contributed by atoms with Gasteiger partial charge in [0, 0.05) is 5.92 Å². The molecule has 0 saturated heterocycles. The normalized spacial score (nSPS) is 19.2. The lowest BCUT2D eigenvalue weighted by molar-refractivity contribution is 0.430. The van der Waals surface area contributed by atoms with Crippen LogP contribution in [0.15, 0.2) is 9.21 Å². The van der Waals surface area contributed by atoms with Crippen LogP contribution >= 0.6 is 0 Å². The van der Waals surface area contributed by atoms with Gasteiger partial charge in [0.1, 0.15) is 5.76 Å². The molecule has 0 radical (unpaired) electrons. The van der Waals surface area contributed by atoms with E-state index in [-0.39, 0.29) is 5.76 Å². The van der Waals surface area contributed by atoms with Crippen molar-refractivity contribution in [1.82, 2.24) is 4.98 Å². The molecule has 0 amide bonds. The van der Waals surface area contributed by atoms with Gasteiger partial charge in [-0.3, -0.25) is 4.98 Å². The summed E-state index contributed by atoms with van der Waals surface area (Å²) in [7, 11) is 0. The van der Waals surface area contributed by atoms with Gasteiger partial charge in [-0.15, -0.1) is 0 Å². The Kier molecular flexibility index (Phi) is 2.25. The maximum absolute atomic E-state index is 10.9. The zero-order valence-corrected chi connectivity index (χ0v) is 7.93. The molecular weight excluding hydrogens is 166 g/mol. The molecule has 1 fully saturated rings. The Morgan fingerprint density at radius 1 is 1.31 bits per heavy atom. The predicted octanol–water partition coefficient (Wildman–Crippen LogP) is 2.32. The lowest BCUT2D eigenvalue weighted by Crippen LogP contribution is -2.07. The van der Waals surface area contributed by atoms with Crippen molar-refractivity contribution in [2.24, 2.45) is 0 Å². The van der Waals surface area contributed by atoms with E-state index in [1.807, 2.05) is 6.92 Å². The highest BCUT2D eigenvalue weighted by molar-refractivity contribution is 5.11. The van der Waals surface area contributed by atoms with Crippen molar-refractivity contribution in [3.63, 3.8) is 0 Å². The van der Waals surface area contributed by atoms with Crippen LogP contribution in [-0.2, 0) is 0 Å². The summed E-state index contributed by atoms with van der Waals surface area (Å²) in [5.74, 6) is 0.996. The van der Waals surface area contributed by atoms with Gasteiger partial charge in [0.25, 0.3) is 0 Å². The van der Waals surface area contributed by atoms with Crippen molar-refractivity contribution >= 4 is 0 Å². The molecule has 1 saturated carbocycles. The monoisotopic (exact) mass is 181 g/mol. The van der Waals surface area contributed by atoms with E-state index in [1.54, 1.807) is 0 Å². The molecule has 72 valence electrons. The molecule has 1 aliphatic rings. The average Bonchev–Trinajstić information content (AvgIpc) is 2.47. The number of nitrogens with one attached hydrogen (secondary N) is 1. The molecule has 1 aliphatic carbocycles. The second kappa shape index (κ2) is 3.40. The Bertz CT molecular complexity index is 331. The van der Waals surface area contributed by atoms with E-state index < -0.39 is 0 Å². The van der Waals surface area contributed by atoms with Crippen LogP contribution in [0.2, 0.25) is 0 Å². The Labute approximate surface area is 77.2 Å². The quantitative estimate of drug-likeness (QED) is 0.722. The number of oxazole rings is 1. The first-order valence-corrected chi connectivity index (χ1v) is 4.97. The van der Waals surface area contributed by atoms with Crippen molar-refractivity contribution in [2.45, 2.75) is 44.9 Å². The maximum atomic E-state index is 10.9. The minimum atomic E-state index is -0.307. The SMILES string of the molecule is Cc1oc(=O)[nH]c1C1CCCCC1. The van der Waals surface area contributed by atoms with Gasteiger partial charge in [0.15, 0.2) is 0 Å². The molecule has 1 heterocycles. The molecule has 0 aliphatic heterocycles. The third kappa shape index (κ3) is 1.69. The second-order valence-electron chi connectivity index (χ2n) is 3.82. The van der Waals surface area contributed by atoms with E-state index in [2.05, 4.69) is 4.98 Å². The third-order valence-electron chi connectivity index (χ3n) is 2.88. The molecule has 3 nitrogen and oxygen atoms in total. The fourth-order valence-corrected chi connectivity index (χ4v) is 2.20. The van der Waals surface area contributed by atoms with Crippen LogP contribution in [0.3, 0.4) is 0 Å². The van der Waals surface area contributed by atoms with Crippen molar-refractivity contribution in [3.8, 4) is 0 Å². The van der Waals surface area contributed by atoms with Crippen LogP contribution in [0, 0.1) is 6.92 Å². The number of H-pyrrole nitrogens is 1. The summed E-state index contributed by atoms with van der Waals surface area (Å²) in [5, 5.41) is 0. The number of hydrogen-bond donors (Lipinski definition) is 1. The molecule has 0 spiro atoms. The van der Waals surface area contributed by atoms with Crippen molar-refractivity contribution < 1.29 is 4.42 Å². The zero-order valence-electron chi connectivity index (χ0n) is 7.93. The highest BCUT2D eigenvalue weighted by atomic mass is 16.4. The minimum Gasteiger partial charge on any atom is -0.413 e. The summed E-state index contributed by atoms with van der Waals surface area (Å²) in [6.07, 6.45) is 6.26. The van der Waals surface area contributed by atoms with Gasteiger partial charge in [-0.1, -0.05) is 19.3 Å². The van der Waals surface area contributed by atoms with Crippen LogP contribution in [0.1, 0.15) is 49.5 Å². The molecule has 0 aromatic carbocycles. The van der Waals surface area contributed by atoms with Gasteiger partial charge in [0.2, 0.25) is 0 Å². The summed E-state index contributed by atoms with van der Waals surface area (Å²) in [4.78, 5) is 13.7. The molecule has 3 heteroatoms. The Balaban J connectivity index is 2.23. The molecule has 1 aromatic rings. The Hall–Kier alpha value is -0.990. The highest BCUT2D eigenvalue weighted by Gasteiger charge is 2.20. The summed E-state index contributed by atoms with van der Waals surface area (Å²) in [6, 6.07) is 0. The number of aryl methyl sites for hydroxylation is 1. The molecule has 0 unspecified atom stereocenters. The third-order valence-corrected chi connectivity index (χ3v) is 2.88. The maximum Gasteiger partial charge on any atom is 0.416 e. The van der Waals surface area contributed by atoms with Gasteiger partial charge < -0.3 is 4.42 Å². The number of hydrogen-bond acceptors (Lipinski definition) is 2. The first-order chi connectivity index (χ1) is 6.27. The molecule has 13 heavy (non-hydrogen) atoms. The van der Waals surface area contributed by atoms with E-state index in [9.17, 15) is 4.79 Å². The number of aromatic nitrogens is 1. The highest BCUT2D eigenvalue weighted by Crippen LogP contribution is 2.32. The van der Waals surface area contributed by atoms with E-state index >= 15 is 0 Å². The van der Waals surface area contributed by atoms with E-state index in [1.165, 1.54) is 32.1 Å². The minimum absolute atomic E-state index is 0.307. The number of aromatic amines is 1. The van der Waals surface area contributed by atoms with E-state index in [4.69, 9.17) is 4.42 Å². The molecule has 2 rings (SSSR count). The Morgan fingerprint density at radius 2 is 2.00 bits per heavy atom. The van der Waals surface area contributed by atoms with Gasteiger partial charge in [-0.25, -0.2) is 4.79 Å². The van der Waals surface area contributed by atoms with Crippen molar-refractivity contribution in [3.05, 3.63) is 22.0 Å².